The van der Waals surface area contributed by atoms with Crippen molar-refractivity contribution in [1.29, 1.82) is 5.26 Å². The lowest BCUT2D eigenvalue weighted by Crippen LogP contribution is -2.03. The molecule has 0 aliphatic heterocycles. The van der Waals surface area contributed by atoms with Gasteiger partial charge in [0.1, 0.15) is 23.2 Å². The Morgan fingerprint density at radius 2 is 1.84 bits per heavy atom. The minimum Gasteiger partial charge on any atom is -0.507 e. The Morgan fingerprint density at radius 1 is 1.12 bits per heavy atom. The van der Waals surface area contributed by atoms with Crippen molar-refractivity contribution in [2.75, 3.05) is 18.1 Å². The SMILES string of the molecule is CNc1ccc(-c2nc(-c3cc(C)ccc3O)nc(N)c2C#N)cc1. The van der Waals surface area contributed by atoms with Crippen LogP contribution in [0.3, 0.4) is 0 Å². The van der Waals surface area contributed by atoms with Crippen LogP contribution in [0.4, 0.5) is 11.5 Å². The highest BCUT2D eigenvalue weighted by Crippen LogP contribution is 2.32. The number of hydrogen-bond donors (Lipinski definition) is 3. The van der Waals surface area contributed by atoms with E-state index in [0.717, 1.165) is 16.8 Å². The van der Waals surface area contributed by atoms with Crippen LogP contribution in [-0.4, -0.2) is 22.1 Å². The van der Waals surface area contributed by atoms with Crippen LogP contribution in [-0.2, 0) is 0 Å². The fourth-order valence-electron chi connectivity index (χ4n) is 2.54. The number of nitrogens with two attached hydrogens (primary N) is 1. The number of nitriles is 1. The minimum atomic E-state index is 0.0613. The van der Waals surface area contributed by atoms with E-state index < -0.39 is 0 Å². The van der Waals surface area contributed by atoms with Crippen LogP contribution in [0.1, 0.15) is 11.1 Å². The van der Waals surface area contributed by atoms with Crippen molar-refractivity contribution in [2.45, 2.75) is 6.92 Å². The highest BCUT2D eigenvalue weighted by Gasteiger charge is 2.17. The number of anilines is 2. The number of aromatic hydroxyl groups is 1. The molecule has 3 rings (SSSR count). The smallest absolute Gasteiger partial charge is 0.165 e. The summed E-state index contributed by atoms with van der Waals surface area (Å²) in [5.41, 5.74) is 9.77. The summed E-state index contributed by atoms with van der Waals surface area (Å²) in [6.45, 7) is 1.91. The molecule has 0 amide bonds. The molecular formula is C19H17N5O. The van der Waals surface area contributed by atoms with Gasteiger partial charge in [-0.2, -0.15) is 5.26 Å². The van der Waals surface area contributed by atoms with Crippen LogP contribution in [0, 0.1) is 18.3 Å². The van der Waals surface area contributed by atoms with Crippen LogP contribution in [0.15, 0.2) is 42.5 Å². The molecule has 3 aromatic rings. The zero-order valence-electron chi connectivity index (χ0n) is 13.9. The molecule has 25 heavy (non-hydrogen) atoms. The van der Waals surface area contributed by atoms with Gasteiger partial charge in [-0.1, -0.05) is 23.8 Å². The van der Waals surface area contributed by atoms with Gasteiger partial charge in [-0.3, -0.25) is 0 Å². The first-order valence-corrected chi connectivity index (χ1v) is 7.69. The summed E-state index contributed by atoms with van der Waals surface area (Å²) in [5, 5.41) is 22.6. The lowest BCUT2D eigenvalue weighted by atomic mass is 10.0. The van der Waals surface area contributed by atoms with Crippen molar-refractivity contribution in [3.8, 4) is 34.5 Å². The van der Waals surface area contributed by atoms with E-state index in [1.165, 1.54) is 0 Å². The number of hydrogen-bond acceptors (Lipinski definition) is 6. The number of phenols is 1. The van der Waals surface area contributed by atoms with Crippen molar-refractivity contribution in [1.82, 2.24) is 9.97 Å². The number of aromatic nitrogens is 2. The highest BCUT2D eigenvalue weighted by molar-refractivity contribution is 5.77. The van der Waals surface area contributed by atoms with E-state index in [1.54, 1.807) is 18.2 Å². The maximum Gasteiger partial charge on any atom is 0.165 e. The lowest BCUT2D eigenvalue weighted by molar-refractivity contribution is 0.477. The van der Waals surface area contributed by atoms with Crippen LogP contribution in [0.25, 0.3) is 22.6 Å². The predicted molar refractivity (Wildman–Crippen MR) is 98.0 cm³/mol. The molecule has 6 nitrogen and oxygen atoms in total. The molecule has 0 saturated carbocycles. The van der Waals surface area contributed by atoms with Gasteiger partial charge >= 0.3 is 0 Å². The van der Waals surface area contributed by atoms with Crippen LogP contribution < -0.4 is 11.1 Å². The van der Waals surface area contributed by atoms with E-state index in [4.69, 9.17) is 5.73 Å². The third kappa shape index (κ3) is 3.08. The molecule has 0 fully saturated rings. The van der Waals surface area contributed by atoms with Crippen molar-refractivity contribution in [2.24, 2.45) is 0 Å². The summed E-state index contributed by atoms with van der Waals surface area (Å²) in [6, 6.07) is 14.7. The van der Waals surface area contributed by atoms with Crippen molar-refractivity contribution in [3.05, 3.63) is 53.6 Å². The van der Waals surface area contributed by atoms with Gasteiger partial charge < -0.3 is 16.2 Å². The van der Waals surface area contributed by atoms with Crippen molar-refractivity contribution in [3.63, 3.8) is 0 Å². The number of benzene rings is 2. The summed E-state index contributed by atoms with van der Waals surface area (Å²) in [6.07, 6.45) is 0. The van der Waals surface area contributed by atoms with Gasteiger partial charge in [-0.15, -0.1) is 0 Å². The topological polar surface area (TPSA) is 108 Å². The number of nitrogens with one attached hydrogen (secondary N) is 1. The predicted octanol–water partition coefficient (Wildman–Crippen LogP) is 3.32. The van der Waals surface area contributed by atoms with Gasteiger partial charge in [-0.25, -0.2) is 9.97 Å². The largest absolute Gasteiger partial charge is 0.507 e. The van der Waals surface area contributed by atoms with Crippen LogP contribution in [0.2, 0.25) is 0 Å². The van der Waals surface area contributed by atoms with E-state index in [1.807, 2.05) is 38.2 Å². The van der Waals surface area contributed by atoms with Gasteiger partial charge in [0.15, 0.2) is 5.82 Å². The molecule has 0 aliphatic rings. The number of phenolic OH excluding ortho intramolecular Hbond substituents is 1. The Bertz CT molecular complexity index is 974. The maximum absolute atomic E-state index is 10.1. The third-order valence-electron chi connectivity index (χ3n) is 3.89. The fraction of sp³-hybridized carbons (Fsp3) is 0.105. The molecule has 1 heterocycles. The Morgan fingerprint density at radius 3 is 2.48 bits per heavy atom. The molecule has 0 bridgehead atoms. The molecule has 2 aromatic carbocycles. The normalized spacial score (nSPS) is 10.3. The van der Waals surface area contributed by atoms with Gasteiger partial charge in [0.25, 0.3) is 0 Å². The summed E-state index contributed by atoms with van der Waals surface area (Å²) in [4.78, 5) is 8.72. The molecule has 0 unspecified atom stereocenters. The molecule has 0 radical (unpaired) electrons. The van der Waals surface area contributed by atoms with E-state index >= 15 is 0 Å². The zero-order chi connectivity index (χ0) is 18.0. The van der Waals surface area contributed by atoms with Gasteiger partial charge in [-0.05, 0) is 31.2 Å². The summed E-state index contributed by atoms with van der Waals surface area (Å²) < 4.78 is 0. The average molecular weight is 331 g/mol. The second kappa shape index (κ2) is 6.49. The van der Waals surface area contributed by atoms with E-state index in [-0.39, 0.29) is 23.0 Å². The Labute approximate surface area is 145 Å². The number of aryl methyl sites for hydroxylation is 1. The van der Waals surface area contributed by atoms with Gasteiger partial charge in [0, 0.05) is 18.3 Å². The van der Waals surface area contributed by atoms with Crippen molar-refractivity contribution >= 4 is 11.5 Å². The summed E-state index contributed by atoms with van der Waals surface area (Å²) >= 11 is 0. The quantitative estimate of drug-likeness (QED) is 0.679. The molecule has 124 valence electrons. The molecule has 1 aromatic heterocycles. The van der Waals surface area contributed by atoms with Crippen LogP contribution in [0.5, 0.6) is 5.75 Å². The first kappa shape index (κ1) is 16.3. The first-order chi connectivity index (χ1) is 12.0. The number of nitrogen functional groups attached to an aromatic ring is 1. The van der Waals surface area contributed by atoms with E-state index in [0.29, 0.717) is 11.3 Å². The molecule has 0 aliphatic carbocycles. The van der Waals surface area contributed by atoms with Crippen molar-refractivity contribution < 1.29 is 5.11 Å². The molecule has 0 saturated heterocycles. The zero-order valence-corrected chi connectivity index (χ0v) is 13.9. The summed E-state index contributed by atoms with van der Waals surface area (Å²) in [7, 11) is 1.83. The minimum absolute atomic E-state index is 0.0613. The Hall–Kier alpha value is -3.59. The molecular weight excluding hydrogens is 314 g/mol. The number of rotatable bonds is 3. The number of nitrogens with zero attached hydrogens (tertiary/aromatic N) is 3. The van der Waals surface area contributed by atoms with Gasteiger partial charge in [0.2, 0.25) is 0 Å². The first-order valence-electron chi connectivity index (χ1n) is 7.69. The average Bonchev–Trinajstić information content (AvgIpc) is 2.63. The van der Waals surface area contributed by atoms with E-state index in [9.17, 15) is 10.4 Å². The summed E-state index contributed by atoms with van der Waals surface area (Å²) in [5.74, 6) is 0.428. The van der Waals surface area contributed by atoms with E-state index in [2.05, 4.69) is 21.4 Å². The second-order valence-corrected chi connectivity index (χ2v) is 5.62. The molecule has 0 spiro atoms. The Kier molecular flexibility index (Phi) is 4.23. The highest BCUT2D eigenvalue weighted by atomic mass is 16.3. The molecule has 4 N–H and O–H groups in total. The van der Waals surface area contributed by atoms with Crippen LogP contribution >= 0.6 is 0 Å². The molecule has 6 heteroatoms. The Balaban J connectivity index is 2.22. The standard InChI is InChI=1S/C19H17N5O/c1-11-3-8-16(25)14(9-11)19-23-17(15(10-20)18(21)24-19)12-4-6-13(22-2)7-5-12/h3-9,22,25H,1-2H3,(H2,21,23,24). The fourth-order valence-corrected chi connectivity index (χ4v) is 2.54. The third-order valence-corrected chi connectivity index (χ3v) is 3.89. The molecule has 0 atom stereocenters. The second-order valence-electron chi connectivity index (χ2n) is 5.62. The monoisotopic (exact) mass is 331 g/mol. The van der Waals surface area contributed by atoms with Gasteiger partial charge in [0.05, 0.1) is 11.3 Å². The lowest BCUT2D eigenvalue weighted by Gasteiger charge is -2.11. The maximum atomic E-state index is 10.1.